The van der Waals surface area contributed by atoms with Gasteiger partial charge < -0.3 is 15.5 Å². The molecule has 1 aromatic rings. The van der Waals surface area contributed by atoms with Crippen molar-refractivity contribution in [2.75, 3.05) is 38.1 Å². The van der Waals surface area contributed by atoms with Gasteiger partial charge in [-0.25, -0.2) is 4.98 Å². The summed E-state index contributed by atoms with van der Waals surface area (Å²) in [6.07, 6.45) is 2.45. The zero-order valence-corrected chi connectivity index (χ0v) is 18.1. The number of pyridine rings is 1. The molecule has 2 aliphatic heterocycles. The zero-order chi connectivity index (χ0) is 22.6. The molecule has 3 N–H and O–H groups in total. The fourth-order valence-electron chi connectivity index (χ4n) is 3.63. The van der Waals surface area contributed by atoms with Gasteiger partial charge in [-0.15, -0.1) is 0 Å². The molecule has 2 aliphatic rings. The highest BCUT2D eigenvalue weighted by atomic mass is 16.2. The fourth-order valence-corrected chi connectivity index (χ4v) is 3.63. The van der Waals surface area contributed by atoms with Crippen LogP contribution in [0.3, 0.4) is 0 Å². The third-order valence-corrected chi connectivity index (χ3v) is 5.56. The van der Waals surface area contributed by atoms with Crippen molar-refractivity contribution in [3.05, 3.63) is 23.9 Å². The monoisotopic (exact) mass is 427 g/mol. The SMILES string of the molecule is CN=CC(NC(=O)c1cccc(N2CCNC(=O)CC2)n1)C(=N)N1CCC(C)(C)C1=O. The summed E-state index contributed by atoms with van der Waals surface area (Å²) in [4.78, 5) is 48.8. The Labute approximate surface area is 181 Å². The van der Waals surface area contributed by atoms with E-state index in [0.29, 0.717) is 44.8 Å². The third-order valence-electron chi connectivity index (χ3n) is 5.56. The Balaban J connectivity index is 1.73. The maximum Gasteiger partial charge on any atom is 0.270 e. The number of carbonyl (C=O) groups is 3. The largest absolute Gasteiger partial charge is 0.354 e. The first-order valence-corrected chi connectivity index (χ1v) is 10.3. The number of hydrogen-bond donors (Lipinski definition) is 3. The van der Waals surface area contributed by atoms with Crippen molar-refractivity contribution in [2.24, 2.45) is 10.4 Å². The van der Waals surface area contributed by atoms with Crippen molar-refractivity contribution in [3.8, 4) is 0 Å². The summed E-state index contributed by atoms with van der Waals surface area (Å²) >= 11 is 0. The van der Waals surface area contributed by atoms with Crippen LogP contribution in [0.5, 0.6) is 0 Å². The first-order valence-electron chi connectivity index (χ1n) is 10.3. The highest BCUT2D eigenvalue weighted by Gasteiger charge is 2.41. The van der Waals surface area contributed by atoms with Crippen molar-refractivity contribution in [1.82, 2.24) is 20.5 Å². The Morgan fingerprint density at radius 1 is 1.32 bits per heavy atom. The van der Waals surface area contributed by atoms with Gasteiger partial charge in [0.2, 0.25) is 11.8 Å². The maximum absolute atomic E-state index is 12.9. The molecule has 0 aromatic carbocycles. The summed E-state index contributed by atoms with van der Waals surface area (Å²) < 4.78 is 0. The standard InChI is InChI=1S/C21H29N7O3/c1-21(2)8-11-28(20(21)31)18(22)15(13-23-3)26-19(30)14-5-4-6-16(25-14)27-10-7-17(29)24-9-12-27/h4-6,13,15,22H,7-12H2,1-3H3,(H,24,29)(H,26,30). The van der Waals surface area contributed by atoms with Gasteiger partial charge >= 0.3 is 0 Å². The minimum absolute atomic E-state index is 0.00348. The number of anilines is 1. The summed E-state index contributed by atoms with van der Waals surface area (Å²) in [5.41, 5.74) is -0.333. The average molecular weight is 428 g/mol. The van der Waals surface area contributed by atoms with Crippen molar-refractivity contribution in [2.45, 2.75) is 32.7 Å². The lowest BCUT2D eigenvalue weighted by Gasteiger charge is -2.25. The summed E-state index contributed by atoms with van der Waals surface area (Å²) in [5.74, 6) is -0.00689. The normalized spacial score (nSPS) is 19.8. The van der Waals surface area contributed by atoms with E-state index >= 15 is 0 Å². The van der Waals surface area contributed by atoms with Crippen LogP contribution in [0.2, 0.25) is 0 Å². The lowest BCUT2D eigenvalue weighted by Crippen LogP contribution is -2.50. The Morgan fingerprint density at radius 2 is 2.10 bits per heavy atom. The zero-order valence-electron chi connectivity index (χ0n) is 18.1. The van der Waals surface area contributed by atoms with Crippen LogP contribution in [-0.2, 0) is 9.59 Å². The molecular formula is C21H29N7O3. The number of amidine groups is 1. The smallest absolute Gasteiger partial charge is 0.270 e. The van der Waals surface area contributed by atoms with E-state index in [9.17, 15) is 14.4 Å². The average Bonchev–Trinajstić information content (AvgIpc) is 2.89. The Bertz CT molecular complexity index is 912. The molecule has 3 amide bonds. The molecule has 0 saturated carbocycles. The van der Waals surface area contributed by atoms with E-state index in [2.05, 4.69) is 20.6 Å². The molecule has 2 saturated heterocycles. The second kappa shape index (κ2) is 9.23. The predicted octanol–water partition coefficient (Wildman–Crippen LogP) is 0.443. The number of likely N-dealkylation sites (tertiary alicyclic amines) is 1. The Hall–Kier alpha value is -3.30. The van der Waals surface area contributed by atoms with E-state index in [1.165, 1.54) is 11.1 Å². The third kappa shape index (κ3) is 5.07. The summed E-state index contributed by atoms with van der Waals surface area (Å²) in [5, 5.41) is 14.1. The highest BCUT2D eigenvalue weighted by molar-refractivity contribution is 6.11. The first kappa shape index (κ1) is 22.4. The Kier molecular flexibility index (Phi) is 6.67. The fraction of sp³-hybridized carbons (Fsp3) is 0.524. The lowest BCUT2D eigenvalue weighted by atomic mass is 9.92. The number of rotatable bonds is 5. The predicted molar refractivity (Wildman–Crippen MR) is 118 cm³/mol. The topological polar surface area (TPSA) is 131 Å². The van der Waals surface area contributed by atoms with Gasteiger partial charge in [0.1, 0.15) is 23.4 Å². The van der Waals surface area contributed by atoms with Crippen LogP contribution < -0.4 is 15.5 Å². The summed E-state index contributed by atoms with van der Waals surface area (Å²) in [6.45, 7) is 5.78. The van der Waals surface area contributed by atoms with Crippen molar-refractivity contribution < 1.29 is 14.4 Å². The van der Waals surface area contributed by atoms with Crippen molar-refractivity contribution in [3.63, 3.8) is 0 Å². The van der Waals surface area contributed by atoms with E-state index in [0.717, 1.165) is 0 Å². The van der Waals surface area contributed by atoms with Crippen LogP contribution in [0, 0.1) is 10.8 Å². The Morgan fingerprint density at radius 3 is 2.77 bits per heavy atom. The first-order chi connectivity index (χ1) is 14.7. The van der Waals surface area contributed by atoms with Gasteiger partial charge in [-0.3, -0.25) is 29.7 Å². The summed E-state index contributed by atoms with van der Waals surface area (Å²) in [7, 11) is 1.55. The quantitative estimate of drug-likeness (QED) is 0.464. The van der Waals surface area contributed by atoms with E-state index in [1.807, 2.05) is 18.7 Å². The molecule has 166 valence electrons. The number of nitrogens with zero attached hydrogens (tertiary/aromatic N) is 4. The number of amides is 3. The maximum atomic E-state index is 12.9. The number of hydrogen-bond acceptors (Lipinski definition) is 7. The molecule has 0 radical (unpaired) electrons. The second-order valence-corrected chi connectivity index (χ2v) is 8.30. The van der Waals surface area contributed by atoms with Crippen molar-refractivity contribution >= 4 is 35.6 Å². The van der Waals surface area contributed by atoms with Gasteiger partial charge in [0.15, 0.2) is 0 Å². The van der Waals surface area contributed by atoms with E-state index < -0.39 is 17.4 Å². The molecule has 31 heavy (non-hydrogen) atoms. The van der Waals surface area contributed by atoms with Gasteiger partial charge in [0.25, 0.3) is 5.91 Å². The van der Waals surface area contributed by atoms with E-state index in [4.69, 9.17) is 5.41 Å². The minimum Gasteiger partial charge on any atom is -0.354 e. The molecule has 3 heterocycles. The van der Waals surface area contributed by atoms with Crippen LogP contribution in [0.15, 0.2) is 23.2 Å². The lowest BCUT2D eigenvalue weighted by molar-refractivity contribution is -0.131. The van der Waals surface area contributed by atoms with Gasteiger partial charge in [0.05, 0.1) is 0 Å². The molecule has 2 fully saturated rings. The van der Waals surface area contributed by atoms with Crippen LogP contribution >= 0.6 is 0 Å². The molecule has 0 aliphatic carbocycles. The number of aliphatic imine (C=N–C) groups is 1. The molecule has 10 heteroatoms. The minimum atomic E-state index is -0.846. The van der Waals surface area contributed by atoms with Crippen molar-refractivity contribution in [1.29, 1.82) is 5.41 Å². The molecule has 1 unspecified atom stereocenters. The molecule has 1 atom stereocenters. The van der Waals surface area contributed by atoms with E-state index in [1.54, 1.807) is 25.2 Å². The van der Waals surface area contributed by atoms with Gasteiger partial charge in [-0.2, -0.15) is 0 Å². The van der Waals surface area contributed by atoms with Crippen LogP contribution in [0.4, 0.5) is 5.82 Å². The molecule has 0 spiro atoms. The van der Waals surface area contributed by atoms with Gasteiger partial charge in [0, 0.05) is 51.3 Å². The number of nitrogens with one attached hydrogen (secondary N) is 3. The van der Waals surface area contributed by atoms with Crippen LogP contribution in [-0.4, -0.2) is 78.9 Å². The molecule has 3 rings (SSSR count). The van der Waals surface area contributed by atoms with Gasteiger partial charge in [-0.05, 0) is 18.6 Å². The molecule has 1 aromatic heterocycles. The van der Waals surface area contributed by atoms with Crippen LogP contribution in [0.1, 0.15) is 37.2 Å². The number of aromatic nitrogens is 1. The van der Waals surface area contributed by atoms with Gasteiger partial charge in [-0.1, -0.05) is 19.9 Å². The molecule has 0 bridgehead atoms. The second-order valence-electron chi connectivity index (χ2n) is 8.30. The van der Waals surface area contributed by atoms with E-state index in [-0.39, 0.29) is 23.3 Å². The van der Waals surface area contributed by atoms with Crippen LogP contribution in [0.25, 0.3) is 0 Å². The molecular weight excluding hydrogens is 398 g/mol. The summed E-state index contributed by atoms with van der Waals surface area (Å²) in [6, 6.07) is 4.28. The number of carbonyl (C=O) groups excluding carboxylic acids is 3. The highest BCUT2D eigenvalue weighted by Crippen LogP contribution is 2.30. The molecule has 10 nitrogen and oxygen atoms in total.